The molecule has 2 heterocycles. The zero-order valence-corrected chi connectivity index (χ0v) is 14.1. The third-order valence-electron chi connectivity index (χ3n) is 4.24. The second-order valence-corrected chi connectivity index (χ2v) is 6.38. The third-order valence-corrected chi connectivity index (χ3v) is 4.24. The van der Waals surface area contributed by atoms with Gasteiger partial charge in [0, 0.05) is 30.3 Å². The summed E-state index contributed by atoms with van der Waals surface area (Å²) in [4.78, 5) is 0. The lowest BCUT2D eigenvalue weighted by Gasteiger charge is -2.24. The molecule has 1 aliphatic heterocycles. The van der Waals surface area contributed by atoms with E-state index in [2.05, 4.69) is 41.5 Å². The molecule has 1 aromatic heterocycles. The van der Waals surface area contributed by atoms with Crippen LogP contribution in [0.4, 0.5) is 0 Å². The lowest BCUT2D eigenvalue weighted by Crippen LogP contribution is -2.25. The van der Waals surface area contributed by atoms with E-state index in [1.54, 1.807) is 0 Å². The number of hydrogen-bond acceptors (Lipinski definition) is 4. The van der Waals surface area contributed by atoms with Crippen molar-refractivity contribution in [2.24, 2.45) is 5.92 Å². The summed E-state index contributed by atoms with van der Waals surface area (Å²) in [6.07, 6.45) is 2.81. The molecule has 0 radical (unpaired) electrons. The van der Waals surface area contributed by atoms with E-state index in [0.29, 0.717) is 12.5 Å². The molecular weight excluding hydrogens is 290 g/mol. The molecule has 124 valence electrons. The summed E-state index contributed by atoms with van der Waals surface area (Å²) in [5, 5.41) is 10.7. The minimum Gasteiger partial charge on any atom is -0.490 e. The van der Waals surface area contributed by atoms with Gasteiger partial charge in [-0.1, -0.05) is 19.9 Å². The molecule has 3 rings (SSSR count). The van der Waals surface area contributed by atoms with Crippen LogP contribution in [-0.4, -0.2) is 23.4 Å². The standard InChI is InChI=1S/C18H25N3O2/c1-12(2)18(19-10-15-11-20-21-13(15)3)14-5-6-16-17(9-14)23-8-4-7-22-16/h5-6,9,11-12,18-19H,4,7-8,10H2,1-3H3,(H,20,21)/t18-/m0/s1. The lowest BCUT2D eigenvalue weighted by atomic mass is 9.95. The van der Waals surface area contributed by atoms with Gasteiger partial charge in [-0.2, -0.15) is 5.10 Å². The summed E-state index contributed by atoms with van der Waals surface area (Å²) in [7, 11) is 0. The molecule has 2 aromatic rings. The topological polar surface area (TPSA) is 59.2 Å². The average Bonchev–Trinajstić information content (AvgIpc) is 2.80. The van der Waals surface area contributed by atoms with Gasteiger partial charge in [0.15, 0.2) is 11.5 Å². The first-order valence-electron chi connectivity index (χ1n) is 8.27. The van der Waals surface area contributed by atoms with Crippen molar-refractivity contribution < 1.29 is 9.47 Å². The average molecular weight is 315 g/mol. The molecule has 0 spiro atoms. The van der Waals surface area contributed by atoms with E-state index in [1.165, 1.54) is 11.1 Å². The number of ether oxygens (including phenoxy) is 2. The summed E-state index contributed by atoms with van der Waals surface area (Å²) in [5.41, 5.74) is 3.54. The number of hydrogen-bond donors (Lipinski definition) is 2. The highest BCUT2D eigenvalue weighted by Crippen LogP contribution is 2.34. The first-order valence-corrected chi connectivity index (χ1v) is 8.27. The molecule has 1 atom stereocenters. The second kappa shape index (κ2) is 7.04. The van der Waals surface area contributed by atoms with Gasteiger partial charge >= 0.3 is 0 Å². The number of fused-ring (bicyclic) bond motifs is 1. The van der Waals surface area contributed by atoms with Gasteiger partial charge < -0.3 is 14.8 Å². The molecule has 0 aliphatic carbocycles. The Hall–Kier alpha value is -2.01. The molecule has 0 saturated carbocycles. The zero-order valence-electron chi connectivity index (χ0n) is 14.1. The summed E-state index contributed by atoms with van der Waals surface area (Å²) >= 11 is 0. The van der Waals surface area contributed by atoms with E-state index >= 15 is 0 Å². The van der Waals surface area contributed by atoms with Gasteiger partial charge in [-0.3, -0.25) is 5.10 Å². The van der Waals surface area contributed by atoms with Crippen LogP contribution in [0.3, 0.4) is 0 Å². The van der Waals surface area contributed by atoms with Gasteiger partial charge in [-0.15, -0.1) is 0 Å². The van der Waals surface area contributed by atoms with Crippen LogP contribution >= 0.6 is 0 Å². The van der Waals surface area contributed by atoms with Gasteiger partial charge in [0.05, 0.1) is 19.4 Å². The van der Waals surface area contributed by atoms with Crippen molar-refractivity contribution in [2.75, 3.05) is 13.2 Å². The molecule has 23 heavy (non-hydrogen) atoms. The number of benzene rings is 1. The Bertz CT molecular complexity index is 651. The van der Waals surface area contributed by atoms with Crippen molar-refractivity contribution in [3.63, 3.8) is 0 Å². The van der Waals surface area contributed by atoms with Gasteiger partial charge in [-0.25, -0.2) is 0 Å². The normalized spacial score (nSPS) is 15.5. The van der Waals surface area contributed by atoms with Crippen LogP contribution in [0, 0.1) is 12.8 Å². The van der Waals surface area contributed by atoms with Crippen LogP contribution < -0.4 is 14.8 Å². The highest BCUT2D eigenvalue weighted by Gasteiger charge is 2.19. The Labute approximate surface area is 137 Å². The summed E-state index contributed by atoms with van der Waals surface area (Å²) in [6, 6.07) is 6.52. The van der Waals surface area contributed by atoms with E-state index < -0.39 is 0 Å². The van der Waals surface area contributed by atoms with E-state index in [4.69, 9.17) is 9.47 Å². The second-order valence-electron chi connectivity index (χ2n) is 6.38. The Morgan fingerprint density at radius 2 is 2.00 bits per heavy atom. The van der Waals surface area contributed by atoms with E-state index in [1.807, 2.05) is 19.2 Å². The Balaban J connectivity index is 1.78. The van der Waals surface area contributed by atoms with Crippen LogP contribution in [0.25, 0.3) is 0 Å². The maximum absolute atomic E-state index is 5.82. The SMILES string of the molecule is Cc1[nH]ncc1CN[C@H](c1ccc2c(c1)OCCCO2)C(C)C. The van der Waals surface area contributed by atoms with Crippen molar-refractivity contribution in [2.45, 2.75) is 39.8 Å². The van der Waals surface area contributed by atoms with Crippen molar-refractivity contribution in [1.82, 2.24) is 15.5 Å². The predicted octanol–water partition coefficient (Wildman–Crippen LogP) is 3.37. The maximum atomic E-state index is 5.82. The number of aromatic amines is 1. The number of nitrogens with one attached hydrogen (secondary N) is 2. The van der Waals surface area contributed by atoms with Gasteiger partial charge in [0.1, 0.15) is 0 Å². The van der Waals surface area contributed by atoms with Crippen molar-refractivity contribution in [3.8, 4) is 11.5 Å². The molecule has 5 heteroatoms. The molecule has 2 N–H and O–H groups in total. The fourth-order valence-corrected chi connectivity index (χ4v) is 2.89. The highest BCUT2D eigenvalue weighted by molar-refractivity contribution is 5.44. The zero-order chi connectivity index (χ0) is 16.2. The van der Waals surface area contributed by atoms with Crippen LogP contribution in [0.2, 0.25) is 0 Å². The Morgan fingerprint density at radius 3 is 2.70 bits per heavy atom. The maximum Gasteiger partial charge on any atom is 0.161 e. The third kappa shape index (κ3) is 3.67. The van der Waals surface area contributed by atoms with Crippen molar-refractivity contribution in [3.05, 3.63) is 41.2 Å². The molecule has 0 bridgehead atoms. The molecule has 0 fully saturated rings. The van der Waals surface area contributed by atoms with E-state index in [9.17, 15) is 0 Å². The van der Waals surface area contributed by atoms with Crippen LogP contribution in [0.5, 0.6) is 11.5 Å². The highest BCUT2D eigenvalue weighted by atomic mass is 16.5. The molecule has 0 unspecified atom stereocenters. The minimum absolute atomic E-state index is 0.251. The van der Waals surface area contributed by atoms with Crippen molar-refractivity contribution in [1.29, 1.82) is 0 Å². The fraction of sp³-hybridized carbons (Fsp3) is 0.500. The number of nitrogens with zero attached hydrogens (tertiary/aromatic N) is 1. The molecule has 1 aromatic carbocycles. The lowest BCUT2D eigenvalue weighted by molar-refractivity contribution is 0.296. The van der Waals surface area contributed by atoms with Crippen LogP contribution in [0.1, 0.15) is 43.1 Å². The molecular formula is C18H25N3O2. The Morgan fingerprint density at radius 1 is 1.22 bits per heavy atom. The largest absolute Gasteiger partial charge is 0.490 e. The molecule has 5 nitrogen and oxygen atoms in total. The van der Waals surface area contributed by atoms with E-state index in [0.717, 1.165) is 36.8 Å². The van der Waals surface area contributed by atoms with Crippen molar-refractivity contribution >= 4 is 0 Å². The smallest absolute Gasteiger partial charge is 0.161 e. The fourth-order valence-electron chi connectivity index (χ4n) is 2.89. The monoisotopic (exact) mass is 315 g/mol. The first kappa shape index (κ1) is 15.9. The van der Waals surface area contributed by atoms with Crippen LogP contribution in [0.15, 0.2) is 24.4 Å². The number of H-pyrrole nitrogens is 1. The van der Waals surface area contributed by atoms with E-state index in [-0.39, 0.29) is 6.04 Å². The number of aromatic nitrogens is 2. The van der Waals surface area contributed by atoms with Gasteiger partial charge in [-0.05, 0) is 30.5 Å². The van der Waals surface area contributed by atoms with Crippen LogP contribution in [-0.2, 0) is 6.54 Å². The summed E-state index contributed by atoms with van der Waals surface area (Å²) in [6.45, 7) is 8.72. The predicted molar refractivity (Wildman–Crippen MR) is 89.8 cm³/mol. The number of rotatable bonds is 5. The Kier molecular flexibility index (Phi) is 4.86. The molecule has 0 saturated heterocycles. The summed E-state index contributed by atoms with van der Waals surface area (Å²) < 4.78 is 11.5. The number of aryl methyl sites for hydroxylation is 1. The minimum atomic E-state index is 0.251. The van der Waals surface area contributed by atoms with Gasteiger partial charge in [0.25, 0.3) is 0 Å². The first-order chi connectivity index (χ1) is 11.1. The quantitative estimate of drug-likeness (QED) is 0.888. The molecule has 0 amide bonds. The molecule has 1 aliphatic rings. The summed E-state index contributed by atoms with van der Waals surface area (Å²) in [5.74, 6) is 2.17. The van der Waals surface area contributed by atoms with Gasteiger partial charge in [0.2, 0.25) is 0 Å².